The standard InChI is InChI=1S/C16H27NS/c1-4-15-9-10-16(18-15)11-17-14-7-5-13(6-8-14)12(2)3/h9-10,12-14,17H,4-8,11H2,1-3H3. The SMILES string of the molecule is CCc1ccc(CNC2CCC(C(C)C)CC2)s1. The summed E-state index contributed by atoms with van der Waals surface area (Å²) in [5.41, 5.74) is 0. The molecule has 0 unspecified atom stereocenters. The summed E-state index contributed by atoms with van der Waals surface area (Å²) in [7, 11) is 0. The third-order valence-electron chi connectivity index (χ3n) is 4.35. The molecule has 0 atom stereocenters. The summed E-state index contributed by atoms with van der Waals surface area (Å²) in [6.45, 7) is 8.05. The first-order valence-corrected chi connectivity index (χ1v) is 8.31. The van der Waals surface area contributed by atoms with Crippen LogP contribution in [-0.4, -0.2) is 6.04 Å². The van der Waals surface area contributed by atoms with Crippen LogP contribution >= 0.6 is 11.3 Å². The van der Waals surface area contributed by atoms with Crippen LogP contribution in [0.15, 0.2) is 12.1 Å². The maximum absolute atomic E-state index is 3.75. The molecule has 0 bridgehead atoms. The normalized spacial score (nSPS) is 24.7. The van der Waals surface area contributed by atoms with Crippen LogP contribution in [0.3, 0.4) is 0 Å². The summed E-state index contributed by atoms with van der Waals surface area (Å²) in [5.74, 6) is 1.84. The van der Waals surface area contributed by atoms with Crippen LogP contribution in [0.25, 0.3) is 0 Å². The van der Waals surface area contributed by atoms with Gasteiger partial charge in [0.15, 0.2) is 0 Å². The van der Waals surface area contributed by atoms with Gasteiger partial charge in [-0.15, -0.1) is 11.3 Å². The zero-order valence-corrected chi connectivity index (χ0v) is 12.9. The first kappa shape index (κ1) is 14.1. The minimum Gasteiger partial charge on any atom is -0.309 e. The monoisotopic (exact) mass is 265 g/mol. The van der Waals surface area contributed by atoms with Gasteiger partial charge in [-0.1, -0.05) is 20.8 Å². The third-order valence-corrected chi connectivity index (χ3v) is 5.57. The highest BCUT2D eigenvalue weighted by Crippen LogP contribution is 2.30. The predicted octanol–water partition coefficient (Wildman–Crippen LogP) is 4.61. The van der Waals surface area contributed by atoms with Crippen LogP contribution < -0.4 is 5.32 Å². The summed E-state index contributed by atoms with van der Waals surface area (Å²) in [4.78, 5) is 3.01. The summed E-state index contributed by atoms with van der Waals surface area (Å²) < 4.78 is 0. The van der Waals surface area contributed by atoms with E-state index in [0.29, 0.717) is 0 Å². The van der Waals surface area contributed by atoms with Gasteiger partial charge in [-0.25, -0.2) is 0 Å². The lowest BCUT2D eigenvalue weighted by Crippen LogP contribution is -2.33. The molecule has 1 N–H and O–H groups in total. The van der Waals surface area contributed by atoms with E-state index in [9.17, 15) is 0 Å². The molecule has 102 valence electrons. The molecular formula is C16H27NS. The van der Waals surface area contributed by atoms with E-state index in [1.54, 1.807) is 0 Å². The Balaban J connectivity index is 1.72. The summed E-state index contributed by atoms with van der Waals surface area (Å²) in [6, 6.07) is 5.32. The Labute approximate surface area is 116 Å². The fourth-order valence-electron chi connectivity index (χ4n) is 2.94. The van der Waals surface area contributed by atoms with Gasteiger partial charge < -0.3 is 5.32 Å². The molecular weight excluding hydrogens is 238 g/mol. The molecule has 1 aromatic rings. The number of nitrogens with one attached hydrogen (secondary N) is 1. The van der Waals surface area contributed by atoms with Gasteiger partial charge in [0.05, 0.1) is 0 Å². The van der Waals surface area contributed by atoms with E-state index in [0.717, 1.165) is 24.4 Å². The summed E-state index contributed by atoms with van der Waals surface area (Å²) >= 11 is 1.96. The molecule has 0 spiro atoms. The van der Waals surface area contributed by atoms with Crippen molar-refractivity contribution in [2.24, 2.45) is 11.8 Å². The molecule has 1 aromatic heterocycles. The van der Waals surface area contributed by atoms with Crippen molar-refractivity contribution in [3.05, 3.63) is 21.9 Å². The number of hydrogen-bond acceptors (Lipinski definition) is 2. The van der Waals surface area contributed by atoms with Gasteiger partial charge in [0, 0.05) is 22.3 Å². The van der Waals surface area contributed by atoms with Crippen molar-refractivity contribution in [2.75, 3.05) is 0 Å². The Morgan fingerprint density at radius 1 is 1.17 bits per heavy atom. The molecule has 2 rings (SSSR count). The Hall–Kier alpha value is -0.340. The number of hydrogen-bond donors (Lipinski definition) is 1. The van der Waals surface area contributed by atoms with Crippen molar-refractivity contribution in [1.82, 2.24) is 5.32 Å². The fraction of sp³-hybridized carbons (Fsp3) is 0.750. The van der Waals surface area contributed by atoms with Crippen molar-refractivity contribution in [2.45, 2.75) is 65.5 Å². The van der Waals surface area contributed by atoms with Gasteiger partial charge in [-0.2, -0.15) is 0 Å². The second kappa shape index (κ2) is 6.72. The van der Waals surface area contributed by atoms with Gasteiger partial charge in [0.25, 0.3) is 0 Å². The zero-order valence-electron chi connectivity index (χ0n) is 12.0. The number of aryl methyl sites for hydroxylation is 1. The lowest BCUT2D eigenvalue weighted by molar-refractivity contribution is 0.238. The first-order chi connectivity index (χ1) is 8.69. The first-order valence-electron chi connectivity index (χ1n) is 7.50. The Morgan fingerprint density at radius 2 is 1.83 bits per heavy atom. The smallest absolute Gasteiger partial charge is 0.0302 e. The van der Waals surface area contributed by atoms with Crippen molar-refractivity contribution in [3.8, 4) is 0 Å². The highest BCUT2D eigenvalue weighted by atomic mass is 32.1. The maximum atomic E-state index is 3.75. The summed E-state index contributed by atoms with van der Waals surface area (Å²) in [6.07, 6.45) is 6.74. The van der Waals surface area contributed by atoms with Crippen LogP contribution in [-0.2, 0) is 13.0 Å². The lowest BCUT2D eigenvalue weighted by atomic mass is 9.80. The molecule has 1 fully saturated rings. The maximum Gasteiger partial charge on any atom is 0.0302 e. The highest BCUT2D eigenvalue weighted by molar-refractivity contribution is 7.11. The van der Waals surface area contributed by atoms with Gasteiger partial charge >= 0.3 is 0 Å². The minimum absolute atomic E-state index is 0.757. The van der Waals surface area contributed by atoms with Gasteiger partial charge in [-0.3, -0.25) is 0 Å². The second-order valence-corrected chi connectivity index (χ2v) is 7.21. The Morgan fingerprint density at radius 3 is 2.39 bits per heavy atom. The average molecular weight is 265 g/mol. The molecule has 0 radical (unpaired) electrons. The lowest BCUT2D eigenvalue weighted by Gasteiger charge is -2.31. The predicted molar refractivity (Wildman–Crippen MR) is 81.1 cm³/mol. The van der Waals surface area contributed by atoms with Gasteiger partial charge in [0.2, 0.25) is 0 Å². The molecule has 1 heterocycles. The Kier molecular flexibility index (Phi) is 5.25. The van der Waals surface area contributed by atoms with Gasteiger partial charge in [-0.05, 0) is 56.1 Å². The highest BCUT2D eigenvalue weighted by Gasteiger charge is 2.22. The van der Waals surface area contributed by atoms with Crippen LogP contribution in [0.2, 0.25) is 0 Å². The Bertz CT molecular complexity index is 348. The molecule has 1 saturated carbocycles. The summed E-state index contributed by atoms with van der Waals surface area (Å²) in [5, 5.41) is 3.75. The molecule has 0 aliphatic heterocycles. The van der Waals surface area contributed by atoms with Crippen molar-refractivity contribution < 1.29 is 0 Å². The quantitative estimate of drug-likeness (QED) is 0.819. The van der Waals surface area contributed by atoms with E-state index in [1.165, 1.54) is 41.9 Å². The van der Waals surface area contributed by atoms with Crippen LogP contribution in [0.1, 0.15) is 56.2 Å². The fourth-order valence-corrected chi connectivity index (χ4v) is 3.85. The number of rotatable bonds is 5. The zero-order chi connectivity index (χ0) is 13.0. The van der Waals surface area contributed by atoms with Crippen LogP contribution in [0.4, 0.5) is 0 Å². The van der Waals surface area contributed by atoms with Gasteiger partial charge in [0.1, 0.15) is 0 Å². The van der Waals surface area contributed by atoms with Crippen LogP contribution in [0.5, 0.6) is 0 Å². The van der Waals surface area contributed by atoms with E-state index in [2.05, 4.69) is 38.2 Å². The van der Waals surface area contributed by atoms with E-state index in [-0.39, 0.29) is 0 Å². The largest absolute Gasteiger partial charge is 0.309 e. The molecule has 1 nitrogen and oxygen atoms in total. The second-order valence-electron chi connectivity index (χ2n) is 5.96. The molecule has 2 heteroatoms. The van der Waals surface area contributed by atoms with E-state index in [4.69, 9.17) is 0 Å². The topological polar surface area (TPSA) is 12.0 Å². The molecule has 18 heavy (non-hydrogen) atoms. The third kappa shape index (κ3) is 3.83. The number of thiophene rings is 1. The molecule has 0 aromatic carbocycles. The van der Waals surface area contributed by atoms with Crippen LogP contribution in [0, 0.1) is 11.8 Å². The van der Waals surface area contributed by atoms with E-state index < -0.39 is 0 Å². The van der Waals surface area contributed by atoms with Crippen molar-refractivity contribution in [3.63, 3.8) is 0 Å². The molecule has 0 amide bonds. The van der Waals surface area contributed by atoms with E-state index in [1.807, 2.05) is 11.3 Å². The minimum atomic E-state index is 0.757. The van der Waals surface area contributed by atoms with E-state index >= 15 is 0 Å². The molecule has 1 aliphatic carbocycles. The van der Waals surface area contributed by atoms with Crippen molar-refractivity contribution in [1.29, 1.82) is 0 Å². The molecule has 0 saturated heterocycles. The van der Waals surface area contributed by atoms with Crippen molar-refractivity contribution >= 4 is 11.3 Å². The molecule has 1 aliphatic rings. The average Bonchev–Trinajstić information content (AvgIpc) is 2.85.